The fourth-order valence-electron chi connectivity index (χ4n) is 0.730. The first-order valence-electron chi connectivity index (χ1n) is 3.13. The molecule has 0 saturated heterocycles. The summed E-state index contributed by atoms with van der Waals surface area (Å²) in [6, 6.07) is 3.21. The second-order valence-electron chi connectivity index (χ2n) is 2.23. The van der Waals surface area contributed by atoms with Crippen LogP contribution in [0, 0.1) is 11.8 Å². The fraction of sp³-hybridized carbons (Fsp3) is 0.429. The molecule has 1 aromatic heterocycles. The Labute approximate surface area is 59.0 Å². The summed E-state index contributed by atoms with van der Waals surface area (Å²) >= 11 is 0. The van der Waals surface area contributed by atoms with Crippen LogP contribution < -0.4 is 0 Å². The van der Waals surface area contributed by atoms with Crippen LogP contribution in [-0.2, 0) is 0 Å². The molecule has 1 rings (SSSR count). The number of aryl methyl sites for hydroxylation is 1. The molecule has 10 heavy (non-hydrogen) atoms. The Bertz CT molecular complexity index is 229. The predicted octanol–water partition coefficient (Wildman–Crippen LogP) is 2.42. The van der Waals surface area contributed by atoms with Crippen LogP contribution in [0.15, 0.2) is 21.7 Å². The monoisotopic (exact) mass is 139 g/mol. The highest BCUT2D eigenvalue weighted by Crippen LogP contribution is 2.18. The Balaban J connectivity index is 2.84. The first kappa shape index (κ1) is 6.99. The van der Waals surface area contributed by atoms with Gasteiger partial charge >= 0.3 is 0 Å². The molecular formula is C7H9NO2. The first-order chi connectivity index (χ1) is 4.74. The highest BCUT2D eigenvalue weighted by atomic mass is 16.3. The van der Waals surface area contributed by atoms with Gasteiger partial charge in [-0.25, -0.2) is 0 Å². The minimum absolute atomic E-state index is 0.367. The van der Waals surface area contributed by atoms with E-state index in [2.05, 4.69) is 5.18 Å². The van der Waals surface area contributed by atoms with Gasteiger partial charge in [0.05, 0.1) is 0 Å². The van der Waals surface area contributed by atoms with E-state index >= 15 is 0 Å². The Morgan fingerprint density at radius 3 is 2.70 bits per heavy atom. The normalized spacial score (nSPS) is 13.0. The average molecular weight is 139 g/mol. The van der Waals surface area contributed by atoms with Crippen molar-refractivity contribution in [3.63, 3.8) is 0 Å². The van der Waals surface area contributed by atoms with Crippen LogP contribution >= 0.6 is 0 Å². The number of hydrogen-bond donors (Lipinski definition) is 0. The predicted molar refractivity (Wildman–Crippen MR) is 37.7 cm³/mol. The fourth-order valence-corrected chi connectivity index (χ4v) is 0.730. The lowest BCUT2D eigenvalue weighted by Gasteiger charge is -1.93. The second kappa shape index (κ2) is 2.64. The number of hydrogen-bond acceptors (Lipinski definition) is 3. The van der Waals surface area contributed by atoms with Crippen molar-refractivity contribution < 1.29 is 4.42 Å². The number of furan rings is 1. The van der Waals surface area contributed by atoms with Gasteiger partial charge < -0.3 is 4.42 Å². The zero-order valence-corrected chi connectivity index (χ0v) is 6.00. The largest absolute Gasteiger partial charge is 0.464 e. The molecule has 1 aromatic rings. The highest BCUT2D eigenvalue weighted by Gasteiger charge is 2.07. The maximum Gasteiger partial charge on any atom is 0.147 e. The molecule has 3 heteroatoms. The molecule has 0 aromatic carbocycles. The van der Waals surface area contributed by atoms with Crippen LogP contribution in [0.5, 0.6) is 0 Å². The smallest absolute Gasteiger partial charge is 0.147 e. The molecule has 0 spiro atoms. The Kier molecular flexibility index (Phi) is 1.85. The van der Waals surface area contributed by atoms with Crippen molar-refractivity contribution in [1.29, 1.82) is 0 Å². The summed E-state index contributed by atoms with van der Waals surface area (Å²) in [5.41, 5.74) is 0. The summed E-state index contributed by atoms with van der Waals surface area (Å²) in [6.07, 6.45) is 0. The molecule has 1 atom stereocenters. The van der Waals surface area contributed by atoms with Crippen LogP contribution in [0.1, 0.15) is 24.5 Å². The molecule has 0 fully saturated rings. The van der Waals surface area contributed by atoms with Crippen LogP contribution in [0.4, 0.5) is 0 Å². The van der Waals surface area contributed by atoms with Crippen LogP contribution in [0.2, 0.25) is 0 Å². The van der Waals surface area contributed by atoms with E-state index in [4.69, 9.17) is 4.42 Å². The quantitative estimate of drug-likeness (QED) is 0.590. The Hall–Kier alpha value is -1.12. The third-order valence-corrected chi connectivity index (χ3v) is 1.33. The molecule has 0 saturated carbocycles. The molecule has 0 aliphatic heterocycles. The van der Waals surface area contributed by atoms with Gasteiger partial charge in [0.2, 0.25) is 0 Å². The van der Waals surface area contributed by atoms with Gasteiger partial charge in [0, 0.05) is 0 Å². The van der Waals surface area contributed by atoms with Crippen LogP contribution in [0.3, 0.4) is 0 Å². The Morgan fingerprint density at radius 2 is 2.30 bits per heavy atom. The van der Waals surface area contributed by atoms with Gasteiger partial charge in [-0.1, -0.05) is 5.18 Å². The van der Waals surface area contributed by atoms with Gasteiger partial charge in [-0.3, -0.25) is 0 Å². The van der Waals surface area contributed by atoms with E-state index in [-0.39, 0.29) is 6.04 Å². The standard InChI is InChI=1S/C7H9NO2/c1-5-3-4-7(10-5)6(2)8-9/h3-4,6H,1-2H3. The van der Waals surface area contributed by atoms with Gasteiger partial charge in [0.15, 0.2) is 0 Å². The maximum absolute atomic E-state index is 10.0. The van der Waals surface area contributed by atoms with Crippen molar-refractivity contribution in [2.75, 3.05) is 0 Å². The maximum atomic E-state index is 10.0. The summed E-state index contributed by atoms with van der Waals surface area (Å²) in [7, 11) is 0. The zero-order chi connectivity index (χ0) is 7.56. The van der Waals surface area contributed by atoms with E-state index < -0.39 is 0 Å². The third kappa shape index (κ3) is 1.23. The average Bonchev–Trinajstić information content (AvgIpc) is 2.34. The lowest BCUT2D eigenvalue weighted by atomic mass is 10.3. The van der Waals surface area contributed by atoms with Crippen molar-refractivity contribution in [3.8, 4) is 0 Å². The molecule has 0 bridgehead atoms. The zero-order valence-electron chi connectivity index (χ0n) is 6.00. The summed E-state index contributed by atoms with van der Waals surface area (Å²) in [5, 5.41) is 2.83. The van der Waals surface area contributed by atoms with E-state index in [1.165, 1.54) is 0 Å². The van der Waals surface area contributed by atoms with Gasteiger partial charge in [-0.05, 0) is 26.0 Å². The van der Waals surface area contributed by atoms with Gasteiger partial charge in [-0.2, -0.15) is 4.91 Å². The van der Waals surface area contributed by atoms with Crippen molar-refractivity contribution in [2.24, 2.45) is 5.18 Å². The van der Waals surface area contributed by atoms with Crippen molar-refractivity contribution in [1.82, 2.24) is 0 Å². The Morgan fingerprint density at radius 1 is 1.60 bits per heavy atom. The lowest BCUT2D eigenvalue weighted by molar-refractivity contribution is 0.457. The number of nitroso groups, excluding NO2 is 1. The van der Waals surface area contributed by atoms with Crippen molar-refractivity contribution in [3.05, 3.63) is 28.6 Å². The van der Waals surface area contributed by atoms with Gasteiger partial charge in [0.1, 0.15) is 17.6 Å². The van der Waals surface area contributed by atoms with Crippen molar-refractivity contribution in [2.45, 2.75) is 19.9 Å². The summed E-state index contributed by atoms with van der Waals surface area (Å²) < 4.78 is 5.14. The molecule has 0 aliphatic carbocycles. The van der Waals surface area contributed by atoms with E-state index in [1.54, 1.807) is 13.0 Å². The first-order valence-corrected chi connectivity index (χ1v) is 3.13. The molecule has 0 aliphatic rings. The van der Waals surface area contributed by atoms with Crippen LogP contribution in [-0.4, -0.2) is 0 Å². The lowest BCUT2D eigenvalue weighted by Crippen LogP contribution is -1.82. The summed E-state index contributed by atoms with van der Waals surface area (Å²) in [6.45, 7) is 3.53. The molecule has 1 heterocycles. The minimum Gasteiger partial charge on any atom is -0.464 e. The molecule has 0 radical (unpaired) electrons. The SMILES string of the molecule is Cc1ccc(C(C)N=O)o1. The molecule has 1 unspecified atom stereocenters. The minimum atomic E-state index is -0.367. The van der Waals surface area contributed by atoms with Crippen LogP contribution in [0.25, 0.3) is 0 Å². The van der Waals surface area contributed by atoms with Gasteiger partial charge in [0.25, 0.3) is 0 Å². The molecule has 0 amide bonds. The van der Waals surface area contributed by atoms with E-state index in [9.17, 15) is 4.91 Å². The van der Waals surface area contributed by atoms with E-state index in [1.807, 2.05) is 13.0 Å². The van der Waals surface area contributed by atoms with E-state index in [0.29, 0.717) is 5.76 Å². The highest BCUT2D eigenvalue weighted by molar-refractivity contribution is 5.08. The third-order valence-electron chi connectivity index (χ3n) is 1.33. The molecule has 0 N–H and O–H groups in total. The van der Waals surface area contributed by atoms with Gasteiger partial charge in [-0.15, -0.1) is 0 Å². The summed E-state index contributed by atoms with van der Waals surface area (Å²) in [5.74, 6) is 1.44. The number of rotatable bonds is 2. The molecule has 3 nitrogen and oxygen atoms in total. The topological polar surface area (TPSA) is 42.6 Å². The second-order valence-corrected chi connectivity index (χ2v) is 2.23. The molecular weight excluding hydrogens is 130 g/mol. The van der Waals surface area contributed by atoms with Crippen molar-refractivity contribution >= 4 is 0 Å². The summed E-state index contributed by atoms with van der Waals surface area (Å²) in [4.78, 5) is 10.0. The number of nitrogens with zero attached hydrogens (tertiary/aromatic N) is 1. The molecule has 54 valence electrons. The van der Waals surface area contributed by atoms with E-state index in [0.717, 1.165) is 5.76 Å².